The van der Waals surface area contributed by atoms with Crippen molar-refractivity contribution in [3.8, 4) is 0 Å². The average molecular weight is 312 g/mol. The lowest BCUT2D eigenvalue weighted by molar-refractivity contribution is -0.102. The Morgan fingerprint density at radius 1 is 1.17 bits per heavy atom. The van der Waals surface area contributed by atoms with Crippen molar-refractivity contribution in [3.05, 3.63) is 29.7 Å². The summed E-state index contributed by atoms with van der Waals surface area (Å²) in [5, 5.41) is 0. The van der Waals surface area contributed by atoms with Gasteiger partial charge in [0.15, 0.2) is 0 Å². The molecule has 1 nitrogen and oxygen atoms in total. The third-order valence-electron chi connectivity index (χ3n) is 8.33. The highest BCUT2D eigenvalue weighted by molar-refractivity contribution is 5.58. The van der Waals surface area contributed by atoms with E-state index in [0.29, 0.717) is 10.8 Å². The lowest BCUT2D eigenvalue weighted by Crippen LogP contribution is -2.59. The Hall–Kier alpha value is -0.980. The van der Waals surface area contributed by atoms with E-state index in [1.807, 2.05) is 6.26 Å². The van der Waals surface area contributed by atoms with Gasteiger partial charge in [0.1, 0.15) is 5.76 Å². The monoisotopic (exact) mass is 312 g/mol. The van der Waals surface area contributed by atoms with Gasteiger partial charge in [0.25, 0.3) is 0 Å². The molecule has 1 heteroatoms. The molecule has 1 aromatic rings. The van der Waals surface area contributed by atoms with Gasteiger partial charge < -0.3 is 4.42 Å². The zero-order valence-electron chi connectivity index (χ0n) is 15.3. The van der Waals surface area contributed by atoms with Gasteiger partial charge in [-0.05, 0) is 61.5 Å². The first-order valence-corrected chi connectivity index (χ1v) is 9.78. The largest absolute Gasteiger partial charge is 0.465 e. The average Bonchev–Trinajstić information content (AvgIpc) is 3.04. The number of furan rings is 1. The Labute approximate surface area is 141 Å². The van der Waals surface area contributed by atoms with Crippen LogP contribution in [0.5, 0.6) is 0 Å². The summed E-state index contributed by atoms with van der Waals surface area (Å²) in [6.07, 6.45) is 16.4. The minimum Gasteiger partial charge on any atom is -0.465 e. The predicted octanol–water partition coefficient (Wildman–Crippen LogP) is 6.59. The molecule has 0 aromatic carbocycles. The molecule has 0 amide bonds. The Balaban J connectivity index is 1.88. The standard InChI is InChI=1S/C22H32O/c1-5-21-13-12-20(4)17-10-14-23-18(17)9-11-22(20,6-2)19(21)8-7-16(3)15-21/h9-11,14,16,19H,5-8,12-13,15H2,1-4H3/t16-,19?,20-,21?,22+/m1/s1. The molecule has 126 valence electrons. The summed E-state index contributed by atoms with van der Waals surface area (Å²) < 4.78 is 5.78. The van der Waals surface area contributed by atoms with E-state index >= 15 is 0 Å². The quantitative estimate of drug-likeness (QED) is 0.600. The molecule has 23 heavy (non-hydrogen) atoms. The molecular weight excluding hydrogens is 280 g/mol. The van der Waals surface area contributed by atoms with Crippen LogP contribution in [0, 0.1) is 22.7 Å². The van der Waals surface area contributed by atoms with Crippen molar-refractivity contribution in [1.29, 1.82) is 0 Å². The van der Waals surface area contributed by atoms with E-state index in [9.17, 15) is 0 Å². The fraction of sp³-hybridized carbons (Fsp3) is 0.727. The van der Waals surface area contributed by atoms with Crippen LogP contribution in [0.25, 0.3) is 6.08 Å². The highest BCUT2D eigenvalue weighted by Gasteiger charge is 2.63. The van der Waals surface area contributed by atoms with Gasteiger partial charge in [-0.2, -0.15) is 0 Å². The smallest absolute Gasteiger partial charge is 0.130 e. The minimum atomic E-state index is 0.253. The molecule has 0 saturated heterocycles. The maximum absolute atomic E-state index is 5.78. The number of hydrogen-bond acceptors (Lipinski definition) is 1. The first kappa shape index (κ1) is 15.5. The number of rotatable bonds is 2. The lowest BCUT2D eigenvalue weighted by atomic mass is 9.38. The Morgan fingerprint density at radius 3 is 2.74 bits per heavy atom. The number of allylic oxidation sites excluding steroid dienone is 1. The van der Waals surface area contributed by atoms with Crippen molar-refractivity contribution in [2.45, 2.75) is 78.1 Å². The molecule has 0 spiro atoms. The van der Waals surface area contributed by atoms with Gasteiger partial charge in [0, 0.05) is 16.4 Å². The second-order valence-electron chi connectivity index (χ2n) is 8.91. The van der Waals surface area contributed by atoms with E-state index in [4.69, 9.17) is 4.42 Å². The summed E-state index contributed by atoms with van der Waals surface area (Å²) in [5.41, 5.74) is 2.62. The molecule has 1 aromatic heterocycles. The molecule has 2 unspecified atom stereocenters. The SMILES string of the molecule is CCC12CC[C@]3(C)c4ccoc4C=C[C@@]3(CC)C1CC[C@@H](C)C2. The van der Waals surface area contributed by atoms with Crippen molar-refractivity contribution in [2.24, 2.45) is 22.7 Å². The molecule has 2 saturated carbocycles. The van der Waals surface area contributed by atoms with Gasteiger partial charge >= 0.3 is 0 Å². The molecule has 3 aliphatic rings. The van der Waals surface area contributed by atoms with Crippen molar-refractivity contribution in [1.82, 2.24) is 0 Å². The molecule has 1 heterocycles. The zero-order chi connectivity index (χ0) is 16.3. The van der Waals surface area contributed by atoms with Crippen molar-refractivity contribution < 1.29 is 4.42 Å². The summed E-state index contributed by atoms with van der Waals surface area (Å²) in [4.78, 5) is 0. The molecule has 5 atom stereocenters. The second kappa shape index (κ2) is 5.01. The maximum atomic E-state index is 5.78. The summed E-state index contributed by atoms with van der Waals surface area (Å²) in [6, 6.07) is 2.26. The molecule has 0 N–H and O–H groups in total. The van der Waals surface area contributed by atoms with Crippen LogP contribution in [0.4, 0.5) is 0 Å². The van der Waals surface area contributed by atoms with Gasteiger partial charge in [-0.15, -0.1) is 0 Å². The van der Waals surface area contributed by atoms with Gasteiger partial charge in [-0.1, -0.05) is 46.6 Å². The summed E-state index contributed by atoms with van der Waals surface area (Å²) in [6.45, 7) is 9.89. The topological polar surface area (TPSA) is 13.1 Å². The molecule has 2 fully saturated rings. The molecule has 0 bridgehead atoms. The summed E-state index contributed by atoms with van der Waals surface area (Å²) >= 11 is 0. The third-order valence-corrected chi connectivity index (χ3v) is 8.33. The van der Waals surface area contributed by atoms with Crippen LogP contribution in [0.3, 0.4) is 0 Å². The van der Waals surface area contributed by atoms with E-state index in [1.165, 1.54) is 50.5 Å². The minimum absolute atomic E-state index is 0.253. The van der Waals surface area contributed by atoms with Crippen molar-refractivity contribution in [3.63, 3.8) is 0 Å². The van der Waals surface area contributed by atoms with Crippen LogP contribution >= 0.6 is 0 Å². The second-order valence-corrected chi connectivity index (χ2v) is 8.91. The fourth-order valence-corrected chi connectivity index (χ4v) is 7.03. The van der Waals surface area contributed by atoms with E-state index in [1.54, 1.807) is 0 Å². The van der Waals surface area contributed by atoms with E-state index < -0.39 is 0 Å². The predicted molar refractivity (Wildman–Crippen MR) is 96.3 cm³/mol. The van der Waals surface area contributed by atoms with E-state index in [-0.39, 0.29) is 5.41 Å². The van der Waals surface area contributed by atoms with Crippen LogP contribution in [-0.4, -0.2) is 0 Å². The van der Waals surface area contributed by atoms with Gasteiger partial charge in [0.2, 0.25) is 0 Å². The first-order valence-electron chi connectivity index (χ1n) is 9.78. The Morgan fingerprint density at radius 2 is 2.00 bits per heavy atom. The van der Waals surface area contributed by atoms with Gasteiger partial charge in [-0.25, -0.2) is 0 Å². The van der Waals surface area contributed by atoms with Crippen LogP contribution < -0.4 is 0 Å². The van der Waals surface area contributed by atoms with E-state index in [2.05, 4.69) is 45.9 Å². The van der Waals surface area contributed by atoms with Gasteiger partial charge in [-0.3, -0.25) is 0 Å². The van der Waals surface area contributed by atoms with Gasteiger partial charge in [0.05, 0.1) is 6.26 Å². The fourth-order valence-electron chi connectivity index (χ4n) is 7.03. The van der Waals surface area contributed by atoms with E-state index in [0.717, 1.165) is 17.6 Å². The Bertz CT molecular complexity index is 626. The van der Waals surface area contributed by atoms with Crippen LogP contribution in [0.15, 0.2) is 22.8 Å². The molecule has 4 rings (SSSR count). The summed E-state index contributed by atoms with van der Waals surface area (Å²) in [7, 11) is 0. The molecule has 3 aliphatic carbocycles. The maximum Gasteiger partial charge on any atom is 0.130 e. The highest BCUT2D eigenvalue weighted by Crippen LogP contribution is 2.69. The van der Waals surface area contributed by atoms with Crippen molar-refractivity contribution in [2.75, 3.05) is 0 Å². The Kier molecular flexibility index (Phi) is 3.38. The molecule has 0 radical (unpaired) electrons. The van der Waals surface area contributed by atoms with Crippen LogP contribution in [0.2, 0.25) is 0 Å². The number of fused-ring (bicyclic) bond motifs is 5. The normalized spacial score (nSPS) is 45.2. The van der Waals surface area contributed by atoms with Crippen molar-refractivity contribution >= 4 is 6.08 Å². The zero-order valence-corrected chi connectivity index (χ0v) is 15.3. The molecule has 0 aliphatic heterocycles. The van der Waals surface area contributed by atoms with Crippen LogP contribution in [-0.2, 0) is 5.41 Å². The highest BCUT2D eigenvalue weighted by atomic mass is 16.3. The lowest BCUT2D eigenvalue weighted by Gasteiger charge is -2.65. The van der Waals surface area contributed by atoms with Crippen LogP contribution in [0.1, 0.15) is 84.0 Å². The number of hydrogen-bond donors (Lipinski definition) is 0. The summed E-state index contributed by atoms with van der Waals surface area (Å²) in [5.74, 6) is 2.85. The first-order chi connectivity index (χ1) is 11.0. The molecular formula is C22H32O. The third kappa shape index (κ3) is 1.80.